The number of amidine groups is 1. The molecular weight excluding hydrogens is 569 g/mol. The SMILES string of the molecule is CCc1cnccc1-c1cc2c(N[C@H]3CC[C@H](NC(=O)OC(C)(C)C)CC3)c(C(N)=Nc3cc(F)ccc3Cl)cnn2c1. The molecule has 3 heterocycles. The van der Waals surface area contributed by atoms with Gasteiger partial charge < -0.3 is 21.1 Å². The molecule has 0 aliphatic heterocycles. The molecule has 1 amide bonds. The number of nitrogens with zero attached hydrogens (tertiary/aromatic N) is 4. The lowest BCUT2D eigenvalue weighted by molar-refractivity contribution is 0.0492. The number of anilines is 1. The Morgan fingerprint density at radius 1 is 1.16 bits per heavy atom. The fourth-order valence-corrected chi connectivity index (χ4v) is 5.52. The number of aryl methyl sites for hydroxylation is 1. The number of amides is 1. The van der Waals surface area contributed by atoms with E-state index in [1.54, 1.807) is 12.4 Å². The fraction of sp³-hybridized carbons (Fsp3) is 0.375. The van der Waals surface area contributed by atoms with E-state index in [4.69, 9.17) is 22.1 Å². The molecule has 11 heteroatoms. The maximum atomic E-state index is 14.0. The van der Waals surface area contributed by atoms with Crippen LogP contribution in [0.5, 0.6) is 0 Å². The number of nitrogens with two attached hydrogens (primary N) is 1. The molecule has 5 rings (SSSR count). The first-order valence-electron chi connectivity index (χ1n) is 14.5. The highest BCUT2D eigenvalue weighted by Gasteiger charge is 2.26. The fourth-order valence-electron chi connectivity index (χ4n) is 5.36. The molecule has 1 aliphatic rings. The molecule has 0 bridgehead atoms. The summed E-state index contributed by atoms with van der Waals surface area (Å²) in [5.41, 5.74) is 11.6. The minimum atomic E-state index is -0.548. The summed E-state index contributed by atoms with van der Waals surface area (Å²) in [6.07, 6.45) is 11.0. The molecule has 226 valence electrons. The number of alkyl carbamates (subject to hydrolysis) is 1. The number of nitrogens with one attached hydrogen (secondary N) is 2. The minimum Gasteiger partial charge on any atom is -0.444 e. The van der Waals surface area contributed by atoms with Crippen molar-refractivity contribution in [3.8, 4) is 11.1 Å². The van der Waals surface area contributed by atoms with Crippen molar-refractivity contribution < 1.29 is 13.9 Å². The Morgan fingerprint density at radius 2 is 1.91 bits per heavy atom. The topological polar surface area (TPSA) is 119 Å². The number of halogens is 2. The molecule has 0 radical (unpaired) electrons. The van der Waals surface area contributed by atoms with E-state index in [1.165, 1.54) is 18.2 Å². The van der Waals surface area contributed by atoms with Crippen LogP contribution >= 0.6 is 11.6 Å². The molecule has 0 atom stereocenters. The van der Waals surface area contributed by atoms with Crippen LogP contribution in [-0.2, 0) is 11.2 Å². The van der Waals surface area contributed by atoms with Crippen LogP contribution in [0.3, 0.4) is 0 Å². The summed E-state index contributed by atoms with van der Waals surface area (Å²) in [5, 5.41) is 11.6. The highest BCUT2D eigenvalue weighted by Crippen LogP contribution is 2.33. The molecular formula is C32H37ClFN7O2. The van der Waals surface area contributed by atoms with E-state index in [0.29, 0.717) is 10.6 Å². The zero-order valence-electron chi connectivity index (χ0n) is 24.8. The van der Waals surface area contributed by atoms with Crippen LogP contribution in [-0.4, -0.2) is 44.2 Å². The Balaban J connectivity index is 1.47. The highest BCUT2D eigenvalue weighted by atomic mass is 35.5. The number of fused-ring (bicyclic) bond motifs is 1. The lowest BCUT2D eigenvalue weighted by Gasteiger charge is -2.31. The van der Waals surface area contributed by atoms with Crippen LogP contribution in [0.2, 0.25) is 5.02 Å². The number of rotatable bonds is 7. The summed E-state index contributed by atoms with van der Waals surface area (Å²) in [7, 11) is 0. The zero-order valence-corrected chi connectivity index (χ0v) is 25.6. The van der Waals surface area contributed by atoms with Gasteiger partial charge in [-0.3, -0.25) is 4.98 Å². The van der Waals surface area contributed by atoms with Crippen molar-refractivity contribution in [1.29, 1.82) is 0 Å². The third-order valence-corrected chi connectivity index (χ3v) is 7.77. The maximum absolute atomic E-state index is 14.0. The predicted molar refractivity (Wildman–Crippen MR) is 169 cm³/mol. The molecule has 4 N–H and O–H groups in total. The second-order valence-electron chi connectivity index (χ2n) is 11.8. The van der Waals surface area contributed by atoms with Crippen molar-refractivity contribution in [3.05, 3.63) is 77.1 Å². The molecule has 0 spiro atoms. The lowest BCUT2D eigenvalue weighted by atomic mass is 9.91. The van der Waals surface area contributed by atoms with Gasteiger partial charge in [-0.15, -0.1) is 0 Å². The molecule has 43 heavy (non-hydrogen) atoms. The predicted octanol–water partition coefficient (Wildman–Crippen LogP) is 7.04. The second-order valence-corrected chi connectivity index (χ2v) is 12.2. The van der Waals surface area contributed by atoms with E-state index in [1.807, 2.05) is 43.7 Å². The summed E-state index contributed by atoms with van der Waals surface area (Å²) in [6.45, 7) is 7.65. The first-order chi connectivity index (χ1) is 20.5. The zero-order chi connectivity index (χ0) is 30.7. The van der Waals surface area contributed by atoms with Gasteiger partial charge in [0.25, 0.3) is 0 Å². The molecule has 1 saturated carbocycles. The number of ether oxygens (including phenoxy) is 1. The maximum Gasteiger partial charge on any atom is 0.407 e. The van der Waals surface area contributed by atoms with Crippen LogP contribution < -0.4 is 16.4 Å². The monoisotopic (exact) mass is 605 g/mol. The molecule has 4 aromatic rings. The molecule has 1 fully saturated rings. The van der Waals surface area contributed by atoms with Crippen molar-refractivity contribution in [2.75, 3.05) is 5.32 Å². The standard InChI is InChI=1S/C32H37ClFN7O2/c1-5-19-16-36-13-12-24(19)20-14-28-29(38-22-7-9-23(10-8-22)39-31(42)43-32(2,3)4)25(17-37-41(28)18-20)30(35)40-27-15-21(34)6-11-26(27)33/h6,11-18,22-23,38H,5,7-10H2,1-4H3,(H2,35,40)(H,39,42)/t22-,23-. The Bertz CT molecular complexity index is 1660. The average Bonchev–Trinajstić information content (AvgIpc) is 3.40. The van der Waals surface area contributed by atoms with Gasteiger partial charge in [-0.25, -0.2) is 18.7 Å². The summed E-state index contributed by atoms with van der Waals surface area (Å²) >= 11 is 6.29. The first-order valence-corrected chi connectivity index (χ1v) is 14.9. The van der Waals surface area contributed by atoms with Gasteiger partial charge in [0.15, 0.2) is 0 Å². The van der Waals surface area contributed by atoms with Crippen LogP contribution in [0.4, 0.5) is 20.6 Å². The number of pyridine rings is 1. The Kier molecular flexibility index (Phi) is 8.87. The van der Waals surface area contributed by atoms with Gasteiger partial charge in [-0.1, -0.05) is 18.5 Å². The van der Waals surface area contributed by atoms with Crippen molar-refractivity contribution in [2.24, 2.45) is 10.7 Å². The Hall–Kier alpha value is -4.18. The van der Waals surface area contributed by atoms with Crippen molar-refractivity contribution in [2.45, 2.75) is 77.5 Å². The number of hydrogen-bond acceptors (Lipinski definition) is 6. The number of aromatic nitrogens is 3. The normalized spacial score (nSPS) is 17.6. The first kappa shape index (κ1) is 30.3. The highest BCUT2D eigenvalue weighted by molar-refractivity contribution is 6.33. The van der Waals surface area contributed by atoms with Gasteiger partial charge in [0, 0.05) is 42.3 Å². The van der Waals surface area contributed by atoms with Crippen LogP contribution in [0, 0.1) is 5.82 Å². The van der Waals surface area contributed by atoms with Gasteiger partial charge in [0.05, 0.1) is 33.7 Å². The van der Waals surface area contributed by atoms with Crippen LogP contribution in [0.25, 0.3) is 16.6 Å². The molecule has 0 saturated heterocycles. The minimum absolute atomic E-state index is 0.0330. The quantitative estimate of drug-likeness (QED) is 0.154. The van der Waals surface area contributed by atoms with E-state index < -0.39 is 17.5 Å². The van der Waals surface area contributed by atoms with Gasteiger partial charge in [0.1, 0.15) is 17.3 Å². The third-order valence-electron chi connectivity index (χ3n) is 7.45. The number of hydrogen-bond donors (Lipinski definition) is 3. The summed E-state index contributed by atoms with van der Waals surface area (Å²) in [4.78, 5) is 21.1. The smallest absolute Gasteiger partial charge is 0.407 e. The van der Waals surface area contributed by atoms with E-state index in [-0.39, 0.29) is 23.6 Å². The van der Waals surface area contributed by atoms with E-state index in [9.17, 15) is 9.18 Å². The number of carbonyl (C=O) groups is 1. The van der Waals surface area contributed by atoms with Crippen LogP contribution in [0.1, 0.15) is 64.5 Å². The van der Waals surface area contributed by atoms with Crippen LogP contribution in [0.15, 0.2) is 60.1 Å². The largest absolute Gasteiger partial charge is 0.444 e. The second kappa shape index (κ2) is 12.6. The summed E-state index contributed by atoms with van der Waals surface area (Å²) in [6, 6.07) is 8.19. The summed E-state index contributed by atoms with van der Waals surface area (Å²) in [5.74, 6) is -0.300. The molecule has 0 unspecified atom stereocenters. The number of benzene rings is 1. The average molecular weight is 606 g/mol. The lowest BCUT2D eigenvalue weighted by Crippen LogP contribution is -2.42. The van der Waals surface area contributed by atoms with E-state index in [0.717, 1.165) is 60.0 Å². The van der Waals surface area contributed by atoms with Crippen molar-refractivity contribution in [1.82, 2.24) is 19.9 Å². The number of aliphatic imine (C=N–C) groups is 1. The van der Waals surface area contributed by atoms with Gasteiger partial charge in [-0.05, 0) is 88.3 Å². The van der Waals surface area contributed by atoms with E-state index >= 15 is 0 Å². The van der Waals surface area contributed by atoms with Gasteiger partial charge >= 0.3 is 6.09 Å². The van der Waals surface area contributed by atoms with Gasteiger partial charge in [0.2, 0.25) is 0 Å². The van der Waals surface area contributed by atoms with Crippen molar-refractivity contribution >= 4 is 40.4 Å². The Labute approximate surface area is 255 Å². The molecule has 3 aromatic heterocycles. The van der Waals surface area contributed by atoms with Crippen molar-refractivity contribution in [3.63, 3.8) is 0 Å². The molecule has 1 aliphatic carbocycles. The van der Waals surface area contributed by atoms with E-state index in [2.05, 4.69) is 38.7 Å². The third kappa shape index (κ3) is 7.25. The molecule has 1 aromatic carbocycles. The summed E-state index contributed by atoms with van der Waals surface area (Å²) < 4.78 is 21.2. The Morgan fingerprint density at radius 3 is 2.63 bits per heavy atom. The number of carbonyl (C=O) groups excluding carboxylic acids is 1. The molecule has 9 nitrogen and oxygen atoms in total. The van der Waals surface area contributed by atoms with Gasteiger partial charge in [-0.2, -0.15) is 5.10 Å².